The van der Waals surface area contributed by atoms with Crippen LogP contribution in [-0.4, -0.2) is 26.8 Å². The van der Waals surface area contributed by atoms with Crippen LogP contribution in [0.15, 0.2) is 46.8 Å². The molecule has 0 aliphatic rings. The van der Waals surface area contributed by atoms with E-state index in [1.165, 1.54) is 5.57 Å². The Balaban J connectivity index is 1.95. The molecule has 0 atom stereocenters. The number of benzene rings is 1. The topological polar surface area (TPSA) is 66.0 Å². The average molecular weight is 324 g/mol. The highest BCUT2D eigenvalue weighted by molar-refractivity contribution is 5.70. The number of imidazole rings is 1. The molecular weight excluding hydrogens is 304 g/mol. The van der Waals surface area contributed by atoms with Crippen molar-refractivity contribution in [3.8, 4) is 11.3 Å². The number of hydrogen-bond donors (Lipinski definition) is 0. The molecule has 124 valence electrons. The van der Waals surface area contributed by atoms with Gasteiger partial charge in [0, 0.05) is 12.7 Å². The molecule has 0 aliphatic heterocycles. The third kappa shape index (κ3) is 3.60. The van der Waals surface area contributed by atoms with Gasteiger partial charge in [-0.3, -0.25) is 0 Å². The molecule has 2 heterocycles. The molecule has 0 saturated carbocycles. The Bertz CT molecular complexity index is 830. The summed E-state index contributed by atoms with van der Waals surface area (Å²) in [5, 5.41) is 4.00. The minimum absolute atomic E-state index is 0.313. The second kappa shape index (κ2) is 7.23. The Morgan fingerprint density at radius 1 is 1.25 bits per heavy atom. The van der Waals surface area contributed by atoms with Crippen LogP contribution in [0.25, 0.3) is 17.3 Å². The van der Waals surface area contributed by atoms with Crippen LogP contribution in [0.4, 0.5) is 0 Å². The number of rotatable bonds is 6. The van der Waals surface area contributed by atoms with Crippen molar-refractivity contribution in [2.24, 2.45) is 0 Å². The Kier molecular flexibility index (Phi) is 4.86. The highest BCUT2D eigenvalue weighted by Gasteiger charge is 2.14. The Morgan fingerprint density at radius 2 is 2.04 bits per heavy atom. The molecule has 0 aliphatic carbocycles. The predicted molar refractivity (Wildman–Crippen MR) is 91.1 cm³/mol. The third-order valence-corrected chi connectivity index (χ3v) is 3.44. The Morgan fingerprint density at radius 3 is 2.75 bits per heavy atom. The molecule has 3 rings (SSSR count). The fourth-order valence-corrected chi connectivity index (χ4v) is 2.45. The van der Waals surface area contributed by atoms with Crippen molar-refractivity contribution in [1.29, 1.82) is 0 Å². The second-order valence-corrected chi connectivity index (χ2v) is 5.73. The summed E-state index contributed by atoms with van der Waals surface area (Å²) in [6.45, 7) is 4.94. The van der Waals surface area contributed by atoms with Crippen LogP contribution in [0.2, 0.25) is 0 Å². The minimum Gasteiger partial charge on any atom is -0.375 e. The number of nitrogens with zero attached hydrogens (tertiary/aromatic N) is 4. The summed E-state index contributed by atoms with van der Waals surface area (Å²) in [4.78, 5) is 8.91. The maximum Gasteiger partial charge on any atom is 0.252 e. The molecule has 1 aromatic carbocycles. The summed E-state index contributed by atoms with van der Waals surface area (Å²) >= 11 is 0. The number of methoxy groups -OCH3 is 1. The fourth-order valence-electron chi connectivity index (χ4n) is 2.45. The molecule has 3 aromatic rings. The highest BCUT2D eigenvalue weighted by atomic mass is 16.5. The standard InChI is InChI=1S/C18H20N4O2/c1-13(2)9-15-18(14-7-5-4-6-8-14)19-12-22(15)10-16-20-17(11-23-3)24-21-16/h4-9,12H,10-11H2,1-3H3. The van der Waals surface area contributed by atoms with Crippen molar-refractivity contribution in [2.75, 3.05) is 7.11 Å². The zero-order valence-corrected chi connectivity index (χ0v) is 14.1. The molecule has 6 heteroatoms. The van der Waals surface area contributed by atoms with E-state index in [4.69, 9.17) is 9.26 Å². The van der Waals surface area contributed by atoms with Crippen LogP contribution >= 0.6 is 0 Å². The van der Waals surface area contributed by atoms with Gasteiger partial charge in [0.2, 0.25) is 0 Å². The van der Waals surface area contributed by atoms with Gasteiger partial charge in [-0.15, -0.1) is 0 Å². The van der Waals surface area contributed by atoms with Gasteiger partial charge in [-0.2, -0.15) is 4.98 Å². The van der Waals surface area contributed by atoms with Crippen molar-refractivity contribution < 1.29 is 9.26 Å². The van der Waals surface area contributed by atoms with Gasteiger partial charge in [0.1, 0.15) is 6.61 Å². The lowest BCUT2D eigenvalue weighted by Gasteiger charge is -2.05. The quantitative estimate of drug-likeness (QED) is 0.693. The second-order valence-electron chi connectivity index (χ2n) is 5.73. The lowest BCUT2D eigenvalue weighted by molar-refractivity contribution is 0.151. The van der Waals surface area contributed by atoms with Crippen molar-refractivity contribution in [3.05, 3.63) is 59.6 Å². The van der Waals surface area contributed by atoms with Crippen molar-refractivity contribution in [3.63, 3.8) is 0 Å². The van der Waals surface area contributed by atoms with Gasteiger partial charge in [0.25, 0.3) is 5.89 Å². The molecule has 6 nitrogen and oxygen atoms in total. The van der Waals surface area contributed by atoms with E-state index in [0.717, 1.165) is 17.0 Å². The molecule has 0 fully saturated rings. The number of allylic oxidation sites excluding steroid dienone is 1. The maximum atomic E-state index is 5.15. The summed E-state index contributed by atoms with van der Waals surface area (Å²) in [5.41, 5.74) is 4.25. The largest absolute Gasteiger partial charge is 0.375 e. The van der Waals surface area contributed by atoms with Gasteiger partial charge in [-0.25, -0.2) is 4.98 Å². The normalized spacial score (nSPS) is 10.8. The zero-order chi connectivity index (χ0) is 16.9. The van der Waals surface area contributed by atoms with Crippen LogP contribution < -0.4 is 0 Å². The maximum absolute atomic E-state index is 5.15. The number of ether oxygens (including phenoxy) is 1. The summed E-state index contributed by atoms with van der Waals surface area (Å²) in [5.74, 6) is 1.07. The third-order valence-electron chi connectivity index (χ3n) is 3.44. The van der Waals surface area contributed by atoms with Crippen LogP contribution in [0.1, 0.15) is 31.3 Å². The molecule has 2 aromatic heterocycles. The van der Waals surface area contributed by atoms with E-state index in [2.05, 4.69) is 47.2 Å². The molecule has 0 bridgehead atoms. The molecule has 0 amide bonds. The zero-order valence-electron chi connectivity index (χ0n) is 14.1. The summed E-state index contributed by atoms with van der Waals surface area (Å²) in [6.07, 6.45) is 3.93. The van der Waals surface area contributed by atoms with Gasteiger partial charge in [-0.05, 0) is 19.9 Å². The SMILES string of the molecule is COCc1nc(Cn2cnc(-c3ccccc3)c2C=C(C)C)no1. The van der Waals surface area contributed by atoms with Gasteiger partial charge in [0.05, 0.1) is 24.3 Å². The number of aromatic nitrogens is 4. The lowest BCUT2D eigenvalue weighted by atomic mass is 10.1. The summed E-state index contributed by atoms with van der Waals surface area (Å²) in [6, 6.07) is 10.1. The molecule has 0 radical (unpaired) electrons. The van der Waals surface area contributed by atoms with E-state index in [9.17, 15) is 0 Å². The molecule has 0 saturated heterocycles. The van der Waals surface area contributed by atoms with Gasteiger partial charge in [0.15, 0.2) is 5.82 Å². The first kappa shape index (κ1) is 16.1. The van der Waals surface area contributed by atoms with E-state index >= 15 is 0 Å². The van der Waals surface area contributed by atoms with Crippen molar-refractivity contribution >= 4 is 6.08 Å². The predicted octanol–water partition coefficient (Wildman–Crippen LogP) is 3.55. The van der Waals surface area contributed by atoms with Crippen molar-refractivity contribution in [2.45, 2.75) is 27.0 Å². The molecular formula is C18H20N4O2. The van der Waals surface area contributed by atoms with Crippen LogP contribution in [0.5, 0.6) is 0 Å². The van der Waals surface area contributed by atoms with Gasteiger partial charge >= 0.3 is 0 Å². The van der Waals surface area contributed by atoms with E-state index < -0.39 is 0 Å². The first-order chi connectivity index (χ1) is 11.7. The number of hydrogen-bond acceptors (Lipinski definition) is 5. The Labute approximate surface area is 140 Å². The van der Waals surface area contributed by atoms with E-state index in [-0.39, 0.29) is 0 Å². The van der Waals surface area contributed by atoms with Crippen LogP contribution in [-0.2, 0) is 17.9 Å². The van der Waals surface area contributed by atoms with E-state index in [1.807, 2.05) is 29.1 Å². The molecule has 24 heavy (non-hydrogen) atoms. The Hall–Kier alpha value is -2.73. The lowest BCUT2D eigenvalue weighted by Crippen LogP contribution is -2.03. The smallest absolute Gasteiger partial charge is 0.252 e. The summed E-state index contributed by atoms with van der Waals surface area (Å²) in [7, 11) is 1.60. The van der Waals surface area contributed by atoms with Gasteiger partial charge in [-0.1, -0.05) is 41.1 Å². The molecule has 0 unspecified atom stereocenters. The van der Waals surface area contributed by atoms with Crippen LogP contribution in [0.3, 0.4) is 0 Å². The van der Waals surface area contributed by atoms with Gasteiger partial charge < -0.3 is 13.8 Å². The minimum atomic E-state index is 0.313. The van der Waals surface area contributed by atoms with Crippen molar-refractivity contribution in [1.82, 2.24) is 19.7 Å². The first-order valence-electron chi connectivity index (χ1n) is 7.73. The fraction of sp³-hybridized carbons (Fsp3) is 0.278. The van der Waals surface area contributed by atoms with E-state index in [1.54, 1.807) is 7.11 Å². The molecule has 0 N–H and O–H groups in total. The van der Waals surface area contributed by atoms with E-state index in [0.29, 0.717) is 24.9 Å². The first-order valence-corrected chi connectivity index (χ1v) is 7.73. The van der Waals surface area contributed by atoms with Crippen LogP contribution in [0, 0.1) is 0 Å². The summed E-state index contributed by atoms with van der Waals surface area (Å²) < 4.78 is 12.2. The highest BCUT2D eigenvalue weighted by Crippen LogP contribution is 2.24. The molecule has 0 spiro atoms. The monoisotopic (exact) mass is 324 g/mol. The average Bonchev–Trinajstić information content (AvgIpc) is 3.16.